The van der Waals surface area contributed by atoms with Gasteiger partial charge in [0.25, 0.3) is 0 Å². The molecule has 0 bridgehead atoms. The van der Waals surface area contributed by atoms with Crippen molar-refractivity contribution in [2.75, 3.05) is 25.5 Å². The summed E-state index contributed by atoms with van der Waals surface area (Å²) in [4.78, 5) is 4.43. The summed E-state index contributed by atoms with van der Waals surface area (Å²) in [7, 11) is 1.91. The second-order valence-electron chi connectivity index (χ2n) is 6.62. The Balaban J connectivity index is 2.25. The zero-order valence-corrected chi connectivity index (χ0v) is 16.7. The monoisotopic (exact) mass is 368 g/mol. The predicted molar refractivity (Wildman–Crippen MR) is 114 cm³/mol. The van der Waals surface area contributed by atoms with E-state index in [1.54, 1.807) is 0 Å². The van der Waals surface area contributed by atoms with Crippen LogP contribution in [-0.2, 0) is 11.3 Å². The minimum absolute atomic E-state index is 0.374. The second kappa shape index (κ2) is 11.4. The van der Waals surface area contributed by atoms with Crippen molar-refractivity contribution >= 4 is 5.69 Å². The van der Waals surface area contributed by atoms with Crippen LogP contribution in [0, 0.1) is 6.92 Å². The van der Waals surface area contributed by atoms with Gasteiger partial charge in [-0.05, 0) is 61.4 Å². The van der Waals surface area contributed by atoms with E-state index in [1.807, 2.05) is 32.4 Å². The molecule has 4 N–H and O–H groups in total. The van der Waals surface area contributed by atoms with Crippen LogP contribution in [0.1, 0.15) is 31.0 Å². The fourth-order valence-electron chi connectivity index (χ4n) is 2.85. The fraction of sp³-hybridized carbons (Fsp3) is 0.409. The van der Waals surface area contributed by atoms with Gasteiger partial charge in [-0.3, -0.25) is 4.98 Å². The molecule has 2 aromatic rings. The molecule has 0 saturated carbocycles. The third kappa shape index (κ3) is 7.04. The Hall–Kier alpha value is -2.37. The van der Waals surface area contributed by atoms with Gasteiger partial charge in [0.1, 0.15) is 0 Å². The molecule has 27 heavy (non-hydrogen) atoms. The molecule has 2 rings (SSSR count). The van der Waals surface area contributed by atoms with E-state index >= 15 is 0 Å². The van der Waals surface area contributed by atoms with Crippen molar-refractivity contribution in [3.8, 4) is 11.1 Å². The molecule has 5 heteroatoms. The van der Waals surface area contributed by atoms with Crippen molar-refractivity contribution in [2.24, 2.45) is 5.73 Å². The summed E-state index contributed by atoms with van der Waals surface area (Å²) in [5.41, 5.74) is 11.0. The van der Waals surface area contributed by atoms with Crippen LogP contribution in [0.5, 0.6) is 0 Å². The summed E-state index contributed by atoms with van der Waals surface area (Å²) in [6.45, 7) is 5.84. The van der Waals surface area contributed by atoms with Gasteiger partial charge >= 0.3 is 0 Å². The molecule has 0 aliphatic carbocycles. The van der Waals surface area contributed by atoms with Gasteiger partial charge in [0.2, 0.25) is 0 Å². The van der Waals surface area contributed by atoms with E-state index in [0.717, 1.165) is 40.9 Å². The number of ether oxygens (including phenoxy) is 1. The molecule has 0 fully saturated rings. The number of nitrogens with two attached hydrogens (primary N) is 1. The molecule has 0 aliphatic heterocycles. The Labute approximate surface area is 163 Å². The molecular formula is C22H32N4O. The number of nitrogens with one attached hydrogen (secondary N) is 2. The van der Waals surface area contributed by atoms with Gasteiger partial charge in [-0.1, -0.05) is 19.1 Å². The first-order chi connectivity index (χ1) is 13.2. The molecule has 1 heterocycles. The first-order valence-electron chi connectivity index (χ1n) is 9.59. The molecule has 0 aliphatic rings. The lowest BCUT2D eigenvalue weighted by molar-refractivity contribution is 0.128. The number of aryl methyl sites for hydroxylation is 1. The second-order valence-corrected chi connectivity index (χ2v) is 6.62. The summed E-state index contributed by atoms with van der Waals surface area (Å²) in [5.74, 6) is 0. The van der Waals surface area contributed by atoms with Gasteiger partial charge in [0, 0.05) is 42.8 Å². The molecule has 0 saturated heterocycles. The Morgan fingerprint density at radius 3 is 2.74 bits per heavy atom. The van der Waals surface area contributed by atoms with Gasteiger partial charge in [0.05, 0.1) is 13.2 Å². The summed E-state index contributed by atoms with van der Waals surface area (Å²) in [6.07, 6.45) is 8.06. The summed E-state index contributed by atoms with van der Waals surface area (Å²) in [6, 6.07) is 11.0. The molecule has 0 unspecified atom stereocenters. The maximum Gasteiger partial charge on any atom is 0.0718 e. The number of hydrogen-bond donors (Lipinski definition) is 3. The summed E-state index contributed by atoms with van der Waals surface area (Å²) < 4.78 is 5.66. The number of pyridine rings is 1. The van der Waals surface area contributed by atoms with Crippen molar-refractivity contribution in [2.45, 2.75) is 39.3 Å². The van der Waals surface area contributed by atoms with Gasteiger partial charge in [0.15, 0.2) is 0 Å². The molecule has 1 atom stereocenters. The molecule has 0 amide bonds. The van der Waals surface area contributed by atoms with Crippen LogP contribution in [0.25, 0.3) is 11.1 Å². The highest BCUT2D eigenvalue weighted by Gasteiger charge is 2.08. The van der Waals surface area contributed by atoms with E-state index in [2.05, 4.69) is 52.9 Å². The number of benzene rings is 1. The quantitative estimate of drug-likeness (QED) is 0.526. The van der Waals surface area contributed by atoms with Crippen LogP contribution >= 0.6 is 0 Å². The number of nitrogens with zero attached hydrogens (tertiary/aromatic N) is 1. The van der Waals surface area contributed by atoms with E-state index in [9.17, 15) is 0 Å². The van der Waals surface area contributed by atoms with Crippen LogP contribution in [0.15, 0.2) is 48.8 Å². The van der Waals surface area contributed by atoms with E-state index < -0.39 is 0 Å². The predicted octanol–water partition coefficient (Wildman–Crippen LogP) is 3.85. The smallest absolute Gasteiger partial charge is 0.0718 e. The normalized spacial score (nSPS) is 12.3. The van der Waals surface area contributed by atoms with Crippen molar-refractivity contribution in [3.05, 3.63) is 60.1 Å². The van der Waals surface area contributed by atoms with E-state index in [-0.39, 0.29) is 0 Å². The highest BCUT2D eigenvalue weighted by atomic mass is 16.5. The van der Waals surface area contributed by atoms with Crippen molar-refractivity contribution in [1.29, 1.82) is 0 Å². The minimum atomic E-state index is 0.374. The lowest BCUT2D eigenvalue weighted by atomic mass is 10.0. The maximum absolute atomic E-state index is 5.66. The summed E-state index contributed by atoms with van der Waals surface area (Å²) >= 11 is 0. The van der Waals surface area contributed by atoms with Crippen LogP contribution < -0.4 is 16.4 Å². The van der Waals surface area contributed by atoms with Gasteiger partial charge in [-0.15, -0.1) is 0 Å². The first kappa shape index (κ1) is 20.9. The highest BCUT2D eigenvalue weighted by molar-refractivity contribution is 5.69. The number of aromatic nitrogens is 1. The lowest BCUT2D eigenvalue weighted by Gasteiger charge is -2.19. The Morgan fingerprint density at radius 1 is 1.22 bits per heavy atom. The number of anilines is 1. The average Bonchev–Trinajstić information content (AvgIpc) is 2.68. The zero-order valence-electron chi connectivity index (χ0n) is 16.7. The van der Waals surface area contributed by atoms with Gasteiger partial charge in [-0.25, -0.2) is 0 Å². The lowest BCUT2D eigenvalue weighted by Crippen LogP contribution is -2.18. The number of hydrogen-bond acceptors (Lipinski definition) is 5. The zero-order chi connectivity index (χ0) is 19.5. The number of rotatable bonds is 11. The van der Waals surface area contributed by atoms with Crippen molar-refractivity contribution in [1.82, 2.24) is 10.3 Å². The molecule has 0 spiro atoms. The van der Waals surface area contributed by atoms with Crippen molar-refractivity contribution < 1.29 is 4.74 Å². The third-order valence-corrected chi connectivity index (χ3v) is 4.34. The Kier molecular flexibility index (Phi) is 8.81. The SMILES string of the molecule is CC[C@H](C/C=C\NC)Nc1cc(COCCN)cc(-c2ccc(C)nc2)c1. The molecule has 1 aromatic heterocycles. The molecular weight excluding hydrogens is 336 g/mol. The fourth-order valence-corrected chi connectivity index (χ4v) is 2.85. The third-order valence-electron chi connectivity index (χ3n) is 4.34. The molecule has 0 radical (unpaired) electrons. The largest absolute Gasteiger partial charge is 0.394 e. The van der Waals surface area contributed by atoms with Crippen LogP contribution in [-0.4, -0.2) is 31.2 Å². The molecule has 1 aromatic carbocycles. The topological polar surface area (TPSA) is 72.2 Å². The van der Waals surface area contributed by atoms with Crippen LogP contribution in [0.3, 0.4) is 0 Å². The highest BCUT2D eigenvalue weighted by Crippen LogP contribution is 2.26. The average molecular weight is 369 g/mol. The molecule has 146 valence electrons. The van der Waals surface area contributed by atoms with Crippen LogP contribution in [0.2, 0.25) is 0 Å². The van der Waals surface area contributed by atoms with Gasteiger partial charge < -0.3 is 21.1 Å². The minimum Gasteiger partial charge on any atom is -0.394 e. The Morgan fingerprint density at radius 2 is 2.07 bits per heavy atom. The molecule has 5 nitrogen and oxygen atoms in total. The van der Waals surface area contributed by atoms with E-state index in [1.165, 1.54) is 0 Å². The van der Waals surface area contributed by atoms with E-state index in [0.29, 0.717) is 25.8 Å². The van der Waals surface area contributed by atoms with Crippen LogP contribution in [0.4, 0.5) is 5.69 Å². The Bertz CT molecular complexity index is 713. The van der Waals surface area contributed by atoms with Crippen molar-refractivity contribution in [3.63, 3.8) is 0 Å². The van der Waals surface area contributed by atoms with E-state index in [4.69, 9.17) is 10.5 Å². The standard InChI is InChI=1S/C22H32N4O/c1-4-21(6-5-10-24-3)26-22-13-18(16-27-11-9-23)12-20(14-22)19-8-7-17(2)25-15-19/h5,7-8,10,12-15,21,24,26H,4,6,9,11,16,23H2,1-3H3/b10-5-/t21-/m1/s1. The summed E-state index contributed by atoms with van der Waals surface area (Å²) in [5, 5.41) is 6.70. The van der Waals surface area contributed by atoms with Gasteiger partial charge in [-0.2, -0.15) is 0 Å². The first-order valence-corrected chi connectivity index (χ1v) is 9.59. The maximum atomic E-state index is 5.66.